The van der Waals surface area contributed by atoms with Crippen molar-refractivity contribution < 1.29 is 4.52 Å². The Labute approximate surface area is 119 Å². The van der Waals surface area contributed by atoms with Gasteiger partial charge in [0.1, 0.15) is 0 Å². The van der Waals surface area contributed by atoms with E-state index in [2.05, 4.69) is 25.1 Å². The molecule has 0 spiro atoms. The number of hydrogen-bond donors (Lipinski definition) is 2. The van der Waals surface area contributed by atoms with E-state index in [-0.39, 0.29) is 6.04 Å². The molecule has 7 nitrogen and oxygen atoms in total. The van der Waals surface area contributed by atoms with Crippen LogP contribution in [0.3, 0.4) is 0 Å². The fraction of sp³-hybridized carbons (Fsp3) is 0.333. The van der Waals surface area contributed by atoms with Crippen LogP contribution in [0.4, 0.5) is 0 Å². The zero-order chi connectivity index (χ0) is 13.9. The predicted octanol–water partition coefficient (Wildman–Crippen LogP) is 1.39. The Hall–Kier alpha value is -2.06. The molecule has 3 aromatic heterocycles. The van der Waals surface area contributed by atoms with Crippen molar-refractivity contribution in [2.45, 2.75) is 25.8 Å². The summed E-state index contributed by atoms with van der Waals surface area (Å²) in [7, 11) is 0. The summed E-state index contributed by atoms with van der Waals surface area (Å²) in [6.07, 6.45) is 4.49. The molecule has 20 heavy (non-hydrogen) atoms. The summed E-state index contributed by atoms with van der Waals surface area (Å²) in [4.78, 5) is 15.6. The van der Waals surface area contributed by atoms with Gasteiger partial charge >= 0.3 is 0 Å². The van der Waals surface area contributed by atoms with E-state index in [1.54, 1.807) is 23.9 Å². The molecular formula is C12H14N6OS. The Morgan fingerprint density at radius 1 is 1.45 bits per heavy atom. The Balaban J connectivity index is 1.66. The molecule has 0 aliphatic rings. The smallest absolute Gasteiger partial charge is 0.243 e. The molecule has 0 aliphatic carbocycles. The number of thiazole rings is 1. The van der Waals surface area contributed by atoms with Gasteiger partial charge in [-0.25, -0.2) is 9.97 Å². The molecule has 0 radical (unpaired) electrons. The fourth-order valence-corrected chi connectivity index (χ4v) is 2.47. The van der Waals surface area contributed by atoms with Crippen LogP contribution in [-0.4, -0.2) is 25.1 Å². The van der Waals surface area contributed by atoms with Gasteiger partial charge in [0.2, 0.25) is 5.89 Å². The van der Waals surface area contributed by atoms with Gasteiger partial charge in [-0.15, -0.1) is 11.3 Å². The number of nitrogens with two attached hydrogens (primary N) is 1. The number of nitrogens with zero attached hydrogens (tertiary/aromatic N) is 4. The fourth-order valence-electron chi connectivity index (χ4n) is 1.86. The lowest BCUT2D eigenvalue weighted by Crippen LogP contribution is -2.14. The number of aromatic amines is 1. The zero-order valence-corrected chi connectivity index (χ0v) is 11.7. The minimum Gasteiger partial charge on any atom is -0.348 e. The highest BCUT2D eigenvalue weighted by molar-refractivity contribution is 7.09. The van der Waals surface area contributed by atoms with Crippen LogP contribution in [0, 0.1) is 6.92 Å². The summed E-state index contributed by atoms with van der Waals surface area (Å²) in [5, 5.41) is 6.97. The molecule has 0 amide bonds. The Morgan fingerprint density at radius 3 is 3.05 bits per heavy atom. The SMILES string of the molecule is Cc1nc(Cc2noc([C@@H](N)Cc3cnc[nH]3)n2)cs1. The van der Waals surface area contributed by atoms with Gasteiger partial charge in [-0.05, 0) is 6.92 Å². The van der Waals surface area contributed by atoms with Crippen LogP contribution in [0.2, 0.25) is 0 Å². The van der Waals surface area contributed by atoms with E-state index in [0.717, 1.165) is 16.4 Å². The highest BCUT2D eigenvalue weighted by Crippen LogP contribution is 2.15. The first-order valence-electron chi connectivity index (χ1n) is 6.17. The number of imidazole rings is 1. The van der Waals surface area contributed by atoms with Gasteiger partial charge in [-0.2, -0.15) is 4.98 Å². The molecule has 3 N–H and O–H groups in total. The minimum absolute atomic E-state index is 0.339. The molecule has 0 unspecified atom stereocenters. The summed E-state index contributed by atoms with van der Waals surface area (Å²) in [5.74, 6) is 1.03. The van der Waals surface area contributed by atoms with Crippen molar-refractivity contribution in [3.8, 4) is 0 Å². The Kier molecular flexibility index (Phi) is 3.57. The van der Waals surface area contributed by atoms with E-state index in [9.17, 15) is 0 Å². The molecule has 0 aliphatic heterocycles. The molecule has 1 atom stereocenters. The number of hydrogen-bond acceptors (Lipinski definition) is 7. The highest BCUT2D eigenvalue weighted by Gasteiger charge is 2.16. The Morgan fingerprint density at radius 2 is 2.35 bits per heavy atom. The lowest BCUT2D eigenvalue weighted by molar-refractivity contribution is 0.350. The first-order chi connectivity index (χ1) is 9.70. The quantitative estimate of drug-likeness (QED) is 0.735. The maximum atomic E-state index is 6.04. The summed E-state index contributed by atoms with van der Waals surface area (Å²) in [5.41, 5.74) is 7.92. The van der Waals surface area contributed by atoms with Gasteiger partial charge in [0.05, 0.1) is 29.5 Å². The van der Waals surface area contributed by atoms with Gasteiger partial charge in [-0.1, -0.05) is 5.16 Å². The second kappa shape index (κ2) is 5.51. The van der Waals surface area contributed by atoms with Crippen molar-refractivity contribution in [1.82, 2.24) is 25.1 Å². The number of aromatic nitrogens is 5. The van der Waals surface area contributed by atoms with Crippen molar-refractivity contribution in [1.29, 1.82) is 0 Å². The first-order valence-corrected chi connectivity index (χ1v) is 7.05. The van der Waals surface area contributed by atoms with E-state index < -0.39 is 0 Å². The third-order valence-electron chi connectivity index (χ3n) is 2.80. The van der Waals surface area contributed by atoms with E-state index in [4.69, 9.17) is 10.3 Å². The molecule has 0 aromatic carbocycles. The summed E-state index contributed by atoms with van der Waals surface area (Å²) < 4.78 is 5.21. The zero-order valence-electron chi connectivity index (χ0n) is 10.9. The van der Waals surface area contributed by atoms with Crippen LogP contribution in [0.5, 0.6) is 0 Å². The topological polar surface area (TPSA) is 107 Å². The molecule has 0 saturated carbocycles. The standard InChI is InChI=1S/C12H14N6OS/c1-7-16-9(5-20-7)3-11-17-12(19-18-11)10(13)2-8-4-14-6-15-8/h4-6,10H,2-3,13H2,1H3,(H,14,15)/t10-/m0/s1. The summed E-state index contributed by atoms with van der Waals surface area (Å²) in [6, 6.07) is -0.339. The third-order valence-corrected chi connectivity index (χ3v) is 3.62. The van der Waals surface area contributed by atoms with Crippen LogP contribution < -0.4 is 5.73 Å². The van der Waals surface area contributed by atoms with Crippen molar-refractivity contribution in [2.75, 3.05) is 0 Å². The van der Waals surface area contributed by atoms with E-state index in [1.165, 1.54) is 0 Å². The Bertz CT molecular complexity index is 674. The van der Waals surface area contributed by atoms with Gasteiger partial charge in [0.15, 0.2) is 5.82 Å². The van der Waals surface area contributed by atoms with E-state index in [1.807, 2.05) is 12.3 Å². The third kappa shape index (κ3) is 2.91. The van der Waals surface area contributed by atoms with Crippen LogP contribution in [0.1, 0.15) is 34.2 Å². The molecule has 0 bridgehead atoms. The number of nitrogens with one attached hydrogen (secondary N) is 1. The molecular weight excluding hydrogens is 276 g/mol. The van der Waals surface area contributed by atoms with Gasteiger partial charge in [0, 0.05) is 23.7 Å². The van der Waals surface area contributed by atoms with E-state index >= 15 is 0 Å². The maximum Gasteiger partial charge on any atom is 0.243 e. The van der Waals surface area contributed by atoms with Crippen LogP contribution in [0.25, 0.3) is 0 Å². The maximum absolute atomic E-state index is 6.04. The van der Waals surface area contributed by atoms with Crippen LogP contribution in [0.15, 0.2) is 22.4 Å². The molecule has 0 saturated heterocycles. The molecule has 3 rings (SSSR count). The first kappa shape index (κ1) is 12.9. The number of rotatable bonds is 5. The number of H-pyrrole nitrogens is 1. The average Bonchev–Trinajstić information content (AvgIpc) is 3.12. The summed E-state index contributed by atoms with van der Waals surface area (Å²) in [6.45, 7) is 1.97. The van der Waals surface area contributed by atoms with Gasteiger partial charge < -0.3 is 15.2 Å². The van der Waals surface area contributed by atoms with Crippen molar-refractivity contribution in [2.24, 2.45) is 5.73 Å². The normalized spacial score (nSPS) is 12.7. The average molecular weight is 290 g/mol. The molecule has 0 fully saturated rings. The van der Waals surface area contributed by atoms with Crippen LogP contribution >= 0.6 is 11.3 Å². The monoisotopic (exact) mass is 290 g/mol. The van der Waals surface area contributed by atoms with Crippen molar-refractivity contribution in [3.05, 3.63) is 46.0 Å². The van der Waals surface area contributed by atoms with Crippen LogP contribution in [-0.2, 0) is 12.8 Å². The second-order valence-electron chi connectivity index (χ2n) is 4.47. The van der Waals surface area contributed by atoms with Gasteiger partial charge in [-0.3, -0.25) is 0 Å². The van der Waals surface area contributed by atoms with Gasteiger partial charge in [0.25, 0.3) is 0 Å². The molecule has 104 valence electrons. The number of aryl methyl sites for hydroxylation is 1. The lowest BCUT2D eigenvalue weighted by Gasteiger charge is -2.03. The van der Waals surface area contributed by atoms with E-state index in [0.29, 0.717) is 24.6 Å². The predicted molar refractivity (Wildman–Crippen MR) is 73.2 cm³/mol. The van der Waals surface area contributed by atoms with Crippen molar-refractivity contribution in [3.63, 3.8) is 0 Å². The largest absolute Gasteiger partial charge is 0.348 e. The highest BCUT2D eigenvalue weighted by atomic mass is 32.1. The van der Waals surface area contributed by atoms with Crippen molar-refractivity contribution >= 4 is 11.3 Å². The molecule has 3 aromatic rings. The summed E-state index contributed by atoms with van der Waals surface area (Å²) >= 11 is 1.61. The second-order valence-corrected chi connectivity index (χ2v) is 5.53. The minimum atomic E-state index is -0.339. The lowest BCUT2D eigenvalue weighted by atomic mass is 10.2. The molecule has 3 heterocycles. The molecule has 8 heteroatoms.